The monoisotopic (exact) mass is 346 g/mol. The van der Waals surface area contributed by atoms with Crippen LogP contribution in [0.2, 0.25) is 0 Å². The number of benzene rings is 2. The summed E-state index contributed by atoms with van der Waals surface area (Å²) >= 11 is 0. The molecule has 0 fully saturated rings. The maximum Gasteiger partial charge on any atom is 0.261 e. The van der Waals surface area contributed by atoms with Gasteiger partial charge in [-0.05, 0) is 26.0 Å². The molecule has 7 heteroatoms. The van der Waals surface area contributed by atoms with Gasteiger partial charge in [0, 0.05) is 12.1 Å². The van der Waals surface area contributed by atoms with Crippen LogP contribution in [0.1, 0.15) is 29.8 Å². The van der Waals surface area contributed by atoms with Crippen molar-refractivity contribution >= 4 is 11.6 Å². The summed E-state index contributed by atoms with van der Waals surface area (Å²) in [5, 5.41) is 11.6. The van der Waals surface area contributed by atoms with Crippen LogP contribution in [-0.4, -0.2) is 19.1 Å². The Kier molecular flexibility index (Phi) is 5.90. The van der Waals surface area contributed by atoms with E-state index >= 15 is 0 Å². The largest absolute Gasteiger partial charge is 0.490 e. The number of anilines is 1. The zero-order valence-corrected chi connectivity index (χ0v) is 13.7. The van der Waals surface area contributed by atoms with Crippen LogP contribution in [0, 0.1) is 23.0 Å². The van der Waals surface area contributed by atoms with E-state index in [-0.39, 0.29) is 11.3 Å². The van der Waals surface area contributed by atoms with E-state index in [2.05, 4.69) is 5.32 Å². The van der Waals surface area contributed by atoms with Gasteiger partial charge in [0.05, 0.1) is 24.5 Å². The van der Waals surface area contributed by atoms with Gasteiger partial charge in [-0.3, -0.25) is 4.79 Å². The van der Waals surface area contributed by atoms with Gasteiger partial charge in [0.2, 0.25) is 0 Å². The Hall–Kier alpha value is -3.14. The van der Waals surface area contributed by atoms with Gasteiger partial charge in [0.25, 0.3) is 5.91 Å². The highest BCUT2D eigenvalue weighted by Gasteiger charge is 2.20. The summed E-state index contributed by atoms with van der Waals surface area (Å²) in [5.41, 5.74) is -0.572. The fourth-order valence-electron chi connectivity index (χ4n) is 2.19. The van der Waals surface area contributed by atoms with Crippen LogP contribution in [0.4, 0.5) is 14.5 Å². The molecule has 0 aromatic heterocycles. The number of nitriles is 1. The fraction of sp³-hybridized carbons (Fsp3) is 0.222. The van der Waals surface area contributed by atoms with E-state index < -0.39 is 23.1 Å². The van der Waals surface area contributed by atoms with Gasteiger partial charge in [-0.1, -0.05) is 6.07 Å². The smallest absolute Gasteiger partial charge is 0.261 e. The highest BCUT2D eigenvalue weighted by Crippen LogP contribution is 2.34. The summed E-state index contributed by atoms with van der Waals surface area (Å²) in [4.78, 5) is 12.2. The molecule has 0 bridgehead atoms. The maximum absolute atomic E-state index is 13.7. The van der Waals surface area contributed by atoms with E-state index in [0.717, 1.165) is 18.2 Å². The molecule has 0 saturated carbocycles. The van der Waals surface area contributed by atoms with Gasteiger partial charge in [0.15, 0.2) is 11.5 Å². The highest BCUT2D eigenvalue weighted by atomic mass is 19.1. The lowest BCUT2D eigenvalue weighted by molar-refractivity contribution is 0.101. The molecule has 25 heavy (non-hydrogen) atoms. The highest BCUT2D eigenvalue weighted by molar-refractivity contribution is 6.05. The van der Waals surface area contributed by atoms with E-state index in [1.807, 2.05) is 6.07 Å². The van der Waals surface area contributed by atoms with Crippen LogP contribution < -0.4 is 14.8 Å². The van der Waals surface area contributed by atoms with Crippen molar-refractivity contribution in [3.63, 3.8) is 0 Å². The third-order valence-corrected chi connectivity index (χ3v) is 3.24. The Morgan fingerprint density at radius 2 is 1.68 bits per heavy atom. The molecule has 0 spiro atoms. The van der Waals surface area contributed by atoms with Crippen molar-refractivity contribution in [1.82, 2.24) is 0 Å². The summed E-state index contributed by atoms with van der Waals surface area (Å²) < 4.78 is 38.3. The molecule has 2 aromatic carbocycles. The molecular formula is C18H16F2N2O3. The Labute approximate surface area is 143 Å². The molecule has 0 atom stereocenters. The van der Waals surface area contributed by atoms with Crippen LogP contribution in [0.15, 0.2) is 30.3 Å². The van der Waals surface area contributed by atoms with E-state index in [4.69, 9.17) is 9.47 Å². The molecule has 130 valence electrons. The lowest BCUT2D eigenvalue weighted by Crippen LogP contribution is -2.17. The van der Waals surface area contributed by atoms with Crippen molar-refractivity contribution in [3.8, 4) is 17.6 Å². The molecule has 2 aromatic rings. The second-order valence-corrected chi connectivity index (χ2v) is 4.87. The number of ether oxygens (including phenoxy) is 2. The third kappa shape index (κ3) is 4.04. The van der Waals surface area contributed by atoms with Crippen LogP contribution >= 0.6 is 0 Å². The first-order valence-electron chi connectivity index (χ1n) is 7.60. The number of nitrogens with zero attached hydrogens (tertiary/aromatic N) is 1. The minimum Gasteiger partial charge on any atom is -0.490 e. The van der Waals surface area contributed by atoms with Gasteiger partial charge in [-0.15, -0.1) is 0 Å². The fourth-order valence-corrected chi connectivity index (χ4v) is 2.19. The van der Waals surface area contributed by atoms with E-state index in [0.29, 0.717) is 24.7 Å². The molecule has 0 aliphatic heterocycles. The van der Waals surface area contributed by atoms with E-state index in [9.17, 15) is 18.8 Å². The second-order valence-electron chi connectivity index (χ2n) is 4.87. The molecule has 1 amide bonds. The summed E-state index contributed by atoms with van der Waals surface area (Å²) in [6, 6.07) is 7.83. The molecule has 0 unspecified atom stereocenters. The Morgan fingerprint density at radius 3 is 2.20 bits per heavy atom. The Bertz CT molecular complexity index is 812. The van der Waals surface area contributed by atoms with Crippen molar-refractivity contribution in [2.24, 2.45) is 0 Å². The van der Waals surface area contributed by atoms with Gasteiger partial charge >= 0.3 is 0 Å². The van der Waals surface area contributed by atoms with E-state index in [1.165, 1.54) is 12.1 Å². The molecule has 0 radical (unpaired) electrons. The number of rotatable bonds is 6. The second kappa shape index (κ2) is 8.11. The molecule has 0 aliphatic carbocycles. The molecule has 0 heterocycles. The van der Waals surface area contributed by atoms with Gasteiger partial charge in [-0.25, -0.2) is 8.78 Å². The molecular weight excluding hydrogens is 330 g/mol. The van der Waals surface area contributed by atoms with Gasteiger partial charge in [0.1, 0.15) is 23.3 Å². The SMILES string of the molecule is CCOc1cc(C#N)c(NC(=O)c2c(F)cccc2F)cc1OCC. The van der Waals surface area contributed by atoms with Crippen LogP contribution in [0.3, 0.4) is 0 Å². The van der Waals surface area contributed by atoms with E-state index in [1.54, 1.807) is 13.8 Å². The minimum atomic E-state index is -1.00. The lowest BCUT2D eigenvalue weighted by Gasteiger charge is -2.15. The molecule has 0 aliphatic rings. The first-order valence-corrected chi connectivity index (χ1v) is 7.60. The number of hydrogen-bond donors (Lipinski definition) is 1. The average Bonchev–Trinajstić information content (AvgIpc) is 2.57. The van der Waals surface area contributed by atoms with Crippen molar-refractivity contribution in [2.75, 3.05) is 18.5 Å². The predicted octanol–water partition coefficient (Wildman–Crippen LogP) is 3.89. The topological polar surface area (TPSA) is 71.3 Å². The maximum atomic E-state index is 13.7. The molecule has 2 rings (SSSR count). The Balaban J connectivity index is 2.43. The summed E-state index contributed by atoms with van der Waals surface area (Å²) in [6.45, 7) is 4.23. The first kappa shape index (κ1) is 18.2. The standard InChI is InChI=1S/C18H16F2N2O3/c1-3-24-15-8-11(10-21)14(9-16(15)25-4-2)22-18(23)17-12(19)6-5-7-13(17)20/h5-9H,3-4H2,1-2H3,(H,22,23). The summed E-state index contributed by atoms with van der Waals surface area (Å²) in [7, 11) is 0. The Morgan fingerprint density at radius 1 is 1.12 bits per heavy atom. The van der Waals surface area contributed by atoms with Gasteiger partial charge in [-0.2, -0.15) is 5.26 Å². The zero-order chi connectivity index (χ0) is 18.4. The summed E-state index contributed by atoms with van der Waals surface area (Å²) in [5.74, 6) is -2.33. The molecule has 0 saturated heterocycles. The number of carbonyl (C=O) groups is 1. The van der Waals surface area contributed by atoms with Crippen molar-refractivity contribution in [3.05, 3.63) is 53.1 Å². The predicted molar refractivity (Wildman–Crippen MR) is 87.8 cm³/mol. The van der Waals surface area contributed by atoms with Crippen molar-refractivity contribution < 1.29 is 23.0 Å². The molecule has 5 nitrogen and oxygen atoms in total. The number of carbonyl (C=O) groups excluding carboxylic acids is 1. The number of hydrogen-bond acceptors (Lipinski definition) is 4. The third-order valence-electron chi connectivity index (χ3n) is 3.24. The number of nitrogens with one attached hydrogen (secondary N) is 1. The van der Waals surface area contributed by atoms with Crippen molar-refractivity contribution in [2.45, 2.75) is 13.8 Å². The quantitative estimate of drug-likeness (QED) is 0.861. The van der Waals surface area contributed by atoms with Crippen molar-refractivity contribution in [1.29, 1.82) is 5.26 Å². The summed E-state index contributed by atoms with van der Waals surface area (Å²) in [6.07, 6.45) is 0. The minimum absolute atomic E-state index is 0.0713. The molecule has 1 N–H and O–H groups in total. The first-order chi connectivity index (χ1) is 12.0. The number of halogens is 2. The normalized spacial score (nSPS) is 10.0. The lowest BCUT2D eigenvalue weighted by atomic mass is 10.1. The zero-order valence-electron chi connectivity index (χ0n) is 13.7. The van der Waals surface area contributed by atoms with Crippen LogP contribution in [-0.2, 0) is 0 Å². The number of amides is 1. The van der Waals surface area contributed by atoms with Crippen LogP contribution in [0.5, 0.6) is 11.5 Å². The van der Waals surface area contributed by atoms with Crippen LogP contribution in [0.25, 0.3) is 0 Å². The van der Waals surface area contributed by atoms with Gasteiger partial charge < -0.3 is 14.8 Å². The average molecular weight is 346 g/mol.